The maximum absolute atomic E-state index is 2.57. The molecule has 0 N–H and O–H groups in total. The Kier molecular flexibility index (Phi) is 3.66. The Bertz CT molecular complexity index is 3110. The van der Waals surface area contributed by atoms with Gasteiger partial charge in [-0.2, -0.15) is 0 Å². The number of hydrogen-bond acceptors (Lipinski definition) is 0. The van der Waals surface area contributed by atoms with Crippen molar-refractivity contribution in [2.24, 2.45) is 0 Å². The fraction of sp³-hybridized carbons (Fsp3) is 0.0698. The normalized spacial score (nSPS) is 14.6. The van der Waals surface area contributed by atoms with Crippen LogP contribution in [0.25, 0.3) is 98.1 Å². The average Bonchev–Trinajstić information content (AvgIpc) is 3.84. The second kappa shape index (κ2) is 7.20. The highest BCUT2D eigenvalue weighted by Gasteiger charge is 2.38. The van der Waals surface area contributed by atoms with Gasteiger partial charge in [0.05, 0.1) is 33.1 Å². The molecule has 4 heterocycles. The molecule has 0 unspecified atom stereocenters. The first-order chi connectivity index (χ1) is 22.1. The topological polar surface area (TPSA) is 8.82 Å². The minimum Gasteiger partial charge on any atom is -0.308 e. The lowest BCUT2D eigenvalue weighted by Gasteiger charge is -2.22. The summed E-state index contributed by atoms with van der Waals surface area (Å²) in [5, 5.41) is 13.3. The number of para-hydroxylation sites is 2. The molecule has 208 valence electrons. The molecule has 45 heavy (non-hydrogen) atoms. The van der Waals surface area contributed by atoms with Crippen LogP contribution in [-0.4, -0.2) is 8.80 Å². The monoisotopic (exact) mass is 570 g/mol. The molecule has 2 heteroatoms. The second-order valence-corrected chi connectivity index (χ2v) is 13.7. The molecule has 0 spiro atoms. The predicted octanol–water partition coefficient (Wildman–Crippen LogP) is 11.4. The van der Waals surface area contributed by atoms with E-state index >= 15 is 0 Å². The maximum atomic E-state index is 2.57. The van der Waals surface area contributed by atoms with Gasteiger partial charge in [-0.1, -0.05) is 117 Å². The highest BCUT2D eigenvalue weighted by Crippen LogP contribution is 2.54. The zero-order valence-corrected chi connectivity index (χ0v) is 24.9. The van der Waals surface area contributed by atoms with E-state index < -0.39 is 0 Å². The Labute approximate surface area is 258 Å². The summed E-state index contributed by atoms with van der Waals surface area (Å²) in [6.07, 6.45) is 0. The molecule has 1 aliphatic rings. The molecule has 0 atom stereocenters. The van der Waals surface area contributed by atoms with E-state index in [1.165, 1.54) is 109 Å². The van der Waals surface area contributed by atoms with Gasteiger partial charge in [-0.05, 0) is 45.8 Å². The van der Waals surface area contributed by atoms with Crippen LogP contribution >= 0.6 is 0 Å². The van der Waals surface area contributed by atoms with Gasteiger partial charge in [0.2, 0.25) is 0 Å². The highest BCUT2D eigenvalue weighted by atomic mass is 14.9. The minimum atomic E-state index is -0.0706. The van der Waals surface area contributed by atoms with Crippen LogP contribution in [0, 0.1) is 0 Å². The summed E-state index contributed by atoms with van der Waals surface area (Å²) in [6, 6.07) is 45.9. The van der Waals surface area contributed by atoms with Crippen molar-refractivity contribution < 1.29 is 0 Å². The van der Waals surface area contributed by atoms with E-state index in [0.29, 0.717) is 0 Å². The average molecular weight is 571 g/mol. The maximum Gasteiger partial charge on any atom is 0.0620 e. The van der Waals surface area contributed by atoms with Crippen LogP contribution in [0.2, 0.25) is 0 Å². The molecule has 4 aromatic heterocycles. The zero-order valence-electron chi connectivity index (χ0n) is 24.9. The minimum absolute atomic E-state index is 0.0706. The molecule has 2 nitrogen and oxygen atoms in total. The van der Waals surface area contributed by atoms with Gasteiger partial charge in [0.1, 0.15) is 0 Å². The van der Waals surface area contributed by atoms with Gasteiger partial charge < -0.3 is 8.80 Å². The SMILES string of the molecule is CC1(C)c2ccccc2-c2ccc3c(c21)c1cccc2c4cc5c6cccc7c8ccc9ccccc9c8n(c5cc4n3c21)c67. The Morgan fingerprint density at radius 2 is 1.04 bits per heavy atom. The lowest BCUT2D eigenvalue weighted by Crippen LogP contribution is -2.15. The summed E-state index contributed by atoms with van der Waals surface area (Å²) >= 11 is 0. The number of rotatable bonds is 0. The van der Waals surface area contributed by atoms with Gasteiger partial charge in [0.25, 0.3) is 0 Å². The molecular weight excluding hydrogens is 544 g/mol. The van der Waals surface area contributed by atoms with E-state index in [1.807, 2.05) is 0 Å². The Balaban J connectivity index is 1.31. The number of nitrogens with zero attached hydrogens (tertiary/aromatic N) is 2. The first-order valence-corrected chi connectivity index (χ1v) is 16.0. The lowest BCUT2D eigenvalue weighted by molar-refractivity contribution is 0.666. The van der Waals surface area contributed by atoms with E-state index in [-0.39, 0.29) is 5.41 Å². The molecular formula is C43H26N2. The van der Waals surface area contributed by atoms with E-state index in [4.69, 9.17) is 0 Å². The smallest absolute Gasteiger partial charge is 0.0620 e. The molecule has 12 rings (SSSR count). The highest BCUT2D eigenvalue weighted by molar-refractivity contribution is 6.31. The first kappa shape index (κ1) is 22.9. The van der Waals surface area contributed by atoms with Crippen molar-refractivity contribution in [1.82, 2.24) is 8.80 Å². The van der Waals surface area contributed by atoms with Gasteiger partial charge in [-0.3, -0.25) is 0 Å². The Morgan fingerprint density at radius 1 is 0.422 bits per heavy atom. The fourth-order valence-electron chi connectivity index (χ4n) is 9.56. The predicted molar refractivity (Wildman–Crippen MR) is 191 cm³/mol. The van der Waals surface area contributed by atoms with E-state index in [0.717, 1.165) is 0 Å². The van der Waals surface area contributed by atoms with Crippen LogP contribution < -0.4 is 0 Å². The number of benzene rings is 7. The van der Waals surface area contributed by atoms with Crippen molar-refractivity contribution in [1.29, 1.82) is 0 Å². The van der Waals surface area contributed by atoms with Gasteiger partial charge in [-0.15, -0.1) is 0 Å². The zero-order chi connectivity index (χ0) is 29.3. The molecule has 0 aliphatic heterocycles. The van der Waals surface area contributed by atoms with Crippen LogP contribution in [0.1, 0.15) is 25.0 Å². The Hall–Kier alpha value is -5.60. The van der Waals surface area contributed by atoms with Crippen molar-refractivity contribution in [3.8, 4) is 11.1 Å². The standard InChI is InChI=1S/C43H26N2/c1-43(2)34-16-6-5-11-25(34)26-19-20-35-38(39(26)43)31-15-8-14-29-32-21-33-28-13-7-12-27-30-18-17-23-9-3-4-10-24(23)40(30)45(41(27)28)37(33)22-36(32)44(35)42(29)31/h3-22H,1-2H3. The molecule has 11 aromatic rings. The second-order valence-electron chi connectivity index (χ2n) is 13.7. The molecule has 0 saturated carbocycles. The molecule has 0 radical (unpaired) electrons. The molecule has 0 fully saturated rings. The van der Waals surface area contributed by atoms with Gasteiger partial charge in [0.15, 0.2) is 0 Å². The summed E-state index contributed by atoms with van der Waals surface area (Å²) in [7, 11) is 0. The molecule has 7 aromatic carbocycles. The van der Waals surface area contributed by atoms with Crippen LogP contribution in [0.15, 0.2) is 121 Å². The van der Waals surface area contributed by atoms with Crippen molar-refractivity contribution in [2.75, 3.05) is 0 Å². The first-order valence-electron chi connectivity index (χ1n) is 16.0. The van der Waals surface area contributed by atoms with Crippen molar-refractivity contribution in [3.05, 3.63) is 132 Å². The van der Waals surface area contributed by atoms with Crippen LogP contribution in [0.3, 0.4) is 0 Å². The third-order valence-corrected chi connectivity index (χ3v) is 11.3. The Morgan fingerprint density at radius 3 is 1.89 bits per heavy atom. The van der Waals surface area contributed by atoms with E-state index in [2.05, 4.69) is 144 Å². The van der Waals surface area contributed by atoms with Gasteiger partial charge in [-0.25, -0.2) is 0 Å². The summed E-state index contributed by atoms with van der Waals surface area (Å²) in [5.41, 5.74) is 13.4. The summed E-state index contributed by atoms with van der Waals surface area (Å²) < 4.78 is 5.13. The summed E-state index contributed by atoms with van der Waals surface area (Å²) in [5.74, 6) is 0. The summed E-state index contributed by atoms with van der Waals surface area (Å²) in [4.78, 5) is 0. The van der Waals surface area contributed by atoms with Crippen LogP contribution in [0.4, 0.5) is 0 Å². The lowest BCUT2D eigenvalue weighted by atomic mass is 9.80. The third kappa shape index (κ3) is 2.37. The van der Waals surface area contributed by atoms with E-state index in [1.54, 1.807) is 0 Å². The molecule has 0 amide bonds. The van der Waals surface area contributed by atoms with Crippen molar-refractivity contribution in [2.45, 2.75) is 19.3 Å². The number of aromatic nitrogens is 2. The van der Waals surface area contributed by atoms with Crippen molar-refractivity contribution >= 4 is 87.0 Å². The van der Waals surface area contributed by atoms with Crippen LogP contribution in [0.5, 0.6) is 0 Å². The van der Waals surface area contributed by atoms with Crippen molar-refractivity contribution in [3.63, 3.8) is 0 Å². The quantitative estimate of drug-likeness (QED) is 0.171. The van der Waals surface area contributed by atoms with Gasteiger partial charge >= 0.3 is 0 Å². The third-order valence-electron chi connectivity index (χ3n) is 11.3. The van der Waals surface area contributed by atoms with Gasteiger partial charge in [0, 0.05) is 53.9 Å². The number of fused-ring (bicyclic) bond motifs is 18. The molecule has 0 saturated heterocycles. The fourth-order valence-corrected chi connectivity index (χ4v) is 9.56. The molecule has 1 aliphatic carbocycles. The number of hydrogen-bond donors (Lipinski definition) is 0. The largest absolute Gasteiger partial charge is 0.308 e. The summed E-state index contributed by atoms with van der Waals surface area (Å²) in [6.45, 7) is 4.81. The van der Waals surface area contributed by atoms with Crippen LogP contribution in [-0.2, 0) is 5.41 Å². The molecule has 0 bridgehead atoms. The van der Waals surface area contributed by atoms with E-state index in [9.17, 15) is 0 Å².